The highest BCUT2D eigenvalue weighted by molar-refractivity contribution is 5.98. The zero-order valence-electron chi connectivity index (χ0n) is 11.9. The van der Waals surface area contributed by atoms with Crippen molar-refractivity contribution in [3.05, 3.63) is 87.0 Å². The molecular formula is C18H10N2O3. The Bertz CT molecular complexity index is 1160. The van der Waals surface area contributed by atoms with Gasteiger partial charge in [-0.25, -0.2) is 9.98 Å². The molecule has 2 heterocycles. The minimum absolute atomic E-state index is 0.141. The summed E-state index contributed by atoms with van der Waals surface area (Å²) < 4.78 is 5.65. The van der Waals surface area contributed by atoms with Gasteiger partial charge in [-0.05, 0) is 24.3 Å². The van der Waals surface area contributed by atoms with Gasteiger partial charge in [-0.2, -0.15) is 0 Å². The maximum Gasteiger partial charge on any atom is 0.296 e. The summed E-state index contributed by atoms with van der Waals surface area (Å²) in [7, 11) is 0. The lowest BCUT2D eigenvalue weighted by atomic mass is 10.2. The number of benzene rings is 2. The van der Waals surface area contributed by atoms with Crippen LogP contribution < -0.4 is 16.1 Å². The summed E-state index contributed by atoms with van der Waals surface area (Å²) in [5, 5.41) is 1.65. The molecule has 1 aromatic heterocycles. The normalized spacial score (nSPS) is 15.1. The molecule has 1 aliphatic rings. The topological polar surface area (TPSA) is 72.0 Å². The third-order valence-corrected chi connectivity index (χ3v) is 3.50. The van der Waals surface area contributed by atoms with Crippen molar-refractivity contribution in [2.75, 3.05) is 0 Å². The van der Waals surface area contributed by atoms with Gasteiger partial charge < -0.3 is 4.42 Å². The van der Waals surface area contributed by atoms with Gasteiger partial charge in [-0.15, -0.1) is 0 Å². The van der Waals surface area contributed by atoms with Crippen LogP contribution in [-0.2, 0) is 4.79 Å². The van der Waals surface area contributed by atoms with Crippen molar-refractivity contribution in [3.8, 4) is 0 Å². The standard InChI is InChI=1S/C18H10N2O3/c21-16-10-11(23-17-8-4-1-5-12(16)17)9-15-18(22)20-14-7-3-2-6-13(14)19-15/h1-10H. The summed E-state index contributed by atoms with van der Waals surface area (Å²) in [4.78, 5) is 32.4. The summed E-state index contributed by atoms with van der Waals surface area (Å²) in [5.74, 6) is -0.185. The highest BCUT2D eigenvalue weighted by Crippen LogP contribution is 2.15. The van der Waals surface area contributed by atoms with E-state index in [2.05, 4.69) is 9.98 Å². The molecule has 0 saturated carbocycles. The molecule has 2 aromatic carbocycles. The third kappa shape index (κ3) is 2.38. The quantitative estimate of drug-likeness (QED) is 0.641. The zero-order chi connectivity index (χ0) is 15.8. The first kappa shape index (κ1) is 13.3. The number of fused-ring (bicyclic) bond motifs is 2. The molecule has 1 aliphatic heterocycles. The second-order valence-electron chi connectivity index (χ2n) is 5.06. The number of rotatable bonds is 1. The lowest BCUT2D eigenvalue weighted by molar-refractivity contribution is -0.114. The Balaban J connectivity index is 1.90. The first-order valence-corrected chi connectivity index (χ1v) is 7.02. The molecular weight excluding hydrogens is 292 g/mol. The lowest BCUT2D eigenvalue weighted by Gasteiger charge is -2.03. The fourth-order valence-electron chi connectivity index (χ4n) is 2.42. The predicted molar refractivity (Wildman–Crippen MR) is 84.2 cm³/mol. The summed E-state index contributed by atoms with van der Waals surface area (Å²) >= 11 is 0. The van der Waals surface area contributed by atoms with Gasteiger partial charge in [0.2, 0.25) is 0 Å². The molecule has 5 nitrogen and oxygen atoms in total. The van der Waals surface area contributed by atoms with E-state index in [0.29, 0.717) is 21.7 Å². The van der Waals surface area contributed by atoms with E-state index in [4.69, 9.17) is 4.42 Å². The van der Waals surface area contributed by atoms with Crippen molar-refractivity contribution >= 4 is 23.0 Å². The zero-order valence-corrected chi connectivity index (χ0v) is 11.9. The molecule has 0 N–H and O–H groups in total. The van der Waals surface area contributed by atoms with Crippen LogP contribution in [0, 0.1) is 0 Å². The fourth-order valence-corrected chi connectivity index (χ4v) is 2.42. The summed E-state index contributed by atoms with van der Waals surface area (Å²) in [6, 6.07) is 15.4. The molecule has 0 atom stereocenters. The molecule has 110 valence electrons. The summed E-state index contributed by atoms with van der Waals surface area (Å²) in [6.07, 6.45) is 1.44. The molecule has 0 aliphatic carbocycles. The second-order valence-corrected chi connectivity index (χ2v) is 5.06. The van der Waals surface area contributed by atoms with Gasteiger partial charge in [0.05, 0.1) is 16.1 Å². The van der Waals surface area contributed by atoms with E-state index in [1.165, 1.54) is 12.1 Å². The maximum absolute atomic E-state index is 12.1. The van der Waals surface area contributed by atoms with Gasteiger partial charge >= 0.3 is 0 Å². The molecule has 0 bridgehead atoms. The Labute approximate surface area is 129 Å². The van der Waals surface area contributed by atoms with E-state index < -0.39 is 5.91 Å². The second kappa shape index (κ2) is 5.14. The Morgan fingerprint density at radius 3 is 2.39 bits per heavy atom. The van der Waals surface area contributed by atoms with Crippen LogP contribution in [0.1, 0.15) is 5.76 Å². The SMILES string of the molecule is O=C1N=c2ccccc2=NC1=Cc1cc(=O)c2ccccc2o1. The minimum Gasteiger partial charge on any atom is -0.456 e. The molecule has 1 amide bonds. The molecule has 0 saturated heterocycles. The van der Waals surface area contributed by atoms with Crippen molar-refractivity contribution in [2.45, 2.75) is 0 Å². The molecule has 0 unspecified atom stereocenters. The van der Waals surface area contributed by atoms with Crippen LogP contribution in [0.5, 0.6) is 0 Å². The number of nitrogens with zero attached hydrogens (tertiary/aromatic N) is 2. The Morgan fingerprint density at radius 2 is 1.57 bits per heavy atom. The Morgan fingerprint density at radius 1 is 0.870 bits per heavy atom. The molecule has 0 fully saturated rings. The highest BCUT2D eigenvalue weighted by atomic mass is 16.3. The smallest absolute Gasteiger partial charge is 0.296 e. The molecule has 4 rings (SSSR count). The summed E-state index contributed by atoms with van der Waals surface area (Å²) in [5.41, 5.74) is 0.439. The number of carbonyl (C=O) groups excluding carboxylic acids is 1. The molecule has 0 spiro atoms. The predicted octanol–water partition coefficient (Wildman–Crippen LogP) is 1.61. The van der Waals surface area contributed by atoms with Crippen molar-refractivity contribution in [1.82, 2.24) is 0 Å². The largest absolute Gasteiger partial charge is 0.456 e. The van der Waals surface area contributed by atoms with Gasteiger partial charge in [-0.3, -0.25) is 9.59 Å². The van der Waals surface area contributed by atoms with Crippen LogP contribution in [0.4, 0.5) is 0 Å². The van der Waals surface area contributed by atoms with Gasteiger partial charge in [0.25, 0.3) is 5.91 Å². The number of hydrogen-bond acceptors (Lipinski definition) is 4. The van der Waals surface area contributed by atoms with Crippen molar-refractivity contribution < 1.29 is 9.21 Å². The molecule has 23 heavy (non-hydrogen) atoms. The van der Waals surface area contributed by atoms with Gasteiger partial charge in [0, 0.05) is 12.1 Å². The number of amides is 1. The fraction of sp³-hybridized carbons (Fsp3) is 0. The van der Waals surface area contributed by atoms with E-state index in [1.807, 2.05) is 6.07 Å². The van der Waals surface area contributed by atoms with Crippen LogP contribution in [0.2, 0.25) is 0 Å². The molecule has 3 aromatic rings. The third-order valence-electron chi connectivity index (χ3n) is 3.50. The van der Waals surface area contributed by atoms with E-state index >= 15 is 0 Å². The first-order chi connectivity index (χ1) is 11.2. The lowest BCUT2D eigenvalue weighted by Crippen LogP contribution is -2.30. The highest BCUT2D eigenvalue weighted by Gasteiger charge is 2.13. The number of carbonyl (C=O) groups is 1. The van der Waals surface area contributed by atoms with Gasteiger partial charge in [0.15, 0.2) is 5.43 Å². The van der Waals surface area contributed by atoms with E-state index in [0.717, 1.165) is 0 Å². The monoisotopic (exact) mass is 302 g/mol. The average molecular weight is 302 g/mol. The van der Waals surface area contributed by atoms with Crippen LogP contribution in [0.15, 0.2) is 79.5 Å². The number of hydrogen-bond donors (Lipinski definition) is 0. The average Bonchev–Trinajstić information content (AvgIpc) is 2.56. The van der Waals surface area contributed by atoms with Crippen molar-refractivity contribution in [2.24, 2.45) is 9.98 Å². The summed E-state index contributed by atoms with van der Waals surface area (Å²) in [6.45, 7) is 0. The van der Waals surface area contributed by atoms with Gasteiger partial charge in [0.1, 0.15) is 17.0 Å². The van der Waals surface area contributed by atoms with Crippen LogP contribution >= 0.6 is 0 Å². The molecule has 0 radical (unpaired) electrons. The van der Waals surface area contributed by atoms with E-state index in [1.54, 1.807) is 42.5 Å². The Kier molecular flexibility index (Phi) is 2.98. The van der Waals surface area contributed by atoms with Crippen LogP contribution in [0.3, 0.4) is 0 Å². The van der Waals surface area contributed by atoms with Crippen molar-refractivity contribution in [3.63, 3.8) is 0 Å². The number of para-hydroxylation sites is 3. The van der Waals surface area contributed by atoms with Crippen LogP contribution in [0.25, 0.3) is 17.0 Å². The maximum atomic E-state index is 12.1. The first-order valence-electron chi connectivity index (χ1n) is 7.02. The minimum atomic E-state index is -0.459. The van der Waals surface area contributed by atoms with E-state index in [-0.39, 0.29) is 16.9 Å². The van der Waals surface area contributed by atoms with E-state index in [9.17, 15) is 9.59 Å². The van der Waals surface area contributed by atoms with Crippen LogP contribution in [-0.4, -0.2) is 5.91 Å². The molecule has 5 heteroatoms. The van der Waals surface area contributed by atoms with Crippen molar-refractivity contribution in [1.29, 1.82) is 0 Å². The van der Waals surface area contributed by atoms with Gasteiger partial charge in [-0.1, -0.05) is 24.3 Å². The Hall–Kier alpha value is -3.34.